The SMILES string of the molecule is CO[C@@H]1C2OC(=O)O[C@@H]2C(OC(=N)C(Cl)(Cl)Cl)OC1(C)C. The van der Waals surface area contributed by atoms with Crippen LogP contribution in [0, 0.1) is 5.41 Å². The van der Waals surface area contributed by atoms with Crippen LogP contribution in [0.4, 0.5) is 4.79 Å². The lowest BCUT2D eigenvalue weighted by Gasteiger charge is -2.45. The maximum absolute atomic E-state index is 11.4. The van der Waals surface area contributed by atoms with Crippen LogP contribution in [-0.2, 0) is 23.7 Å². The minimum absolute atomic E-state index is 0.573. The van der Waals surface area contributed by atoms with E-state index < -0.39 is 46.0 Å². The molecule has 4 atom stereocenters. The lowest BCUT2D eigenvalue weighted by Crippen LogP contribution is -2.62. The van der Waals surface area contributed by atoms with E-state index in [1.165, 1.54) is 7.11 Å². The number of carbonyl (C=O) groups is 1. The van der Waals surface area contributed by atoms with E-state index >= 15 is 0 Å². The molecule has 0 amide bonds. The van der Waals surface area contributed by atoms with E-state index in [1.807, 2.05) is 0 Å². The Morgan fingerprint density at radius 2 is 1.86 bits per heavy atom. The third-order valence-corrected chi connectivity index (χ3v) is 3.72. The lowest BCUT2D eigenvalue weighted by atomic mass is 9.89. The number of methoxy groups -OCH3 is 1. The number of alkyl halides is 3. The number of ether oxygens (including phenoxy) is 5. The van der Waals surface area contributed by atoms with Gasteiger partial charge in [0.2, 0.25) is 18.3 Å². The average Bonchev–Trinajstić information content (AvgIpc) is 2.68. The molecule has 0 aliphatic carbocycles. The van der Waals surface area contributed by atoms with Crippen LogP contribution in [0.5, 0.6) is 0 Å². The highest BCUT2D eigenvalue weighted by atomic mass is 35.6. The van der Waals surface area contributed by atoms with Crippen LogP contribution in [0.2, 0.25) is 0 Å². The minimum atomic E-state index is -2.05. The van der Waals surface area contributed by atoms with Crippen molar-refractivity contribution in [3.63, 3.8) is 0 Å². The van der Waals surface area contributed by atoms with Crippen LogP contribution in [0.3, 0.4) is 0 Å². The summed E-state index contributed by atoms with van der Waals surface area (Å²) in [5.41, 5.74) is -0.873. The number of hydrogen-bond acceptors (Lipinski definition) is 7. The lowest BCUT2D eigenvalue weighted by molar-refractivity contribution is -0.287. The second-order valence-corrected chi connectivity index (χ2v) is 7.39. The van der Waals surface area contributed by atoms with E-state index in [9.17, 15) is 4.79 Å². The summed E-state index contributed by atoms with van der Waals surface area (Å²) >= 11 is 16.7. The fraction of sp³-hybridized carbons (Fsp3) is 0.818. The van der Waals surface area contributed by atoms with Gasteiger partial charge >= 0.3 is 6.16 Å². The van der Waals surface area contributed by atoms with Crippen molar-refractivity contribution in [2.45, 2.75) is 47.8 Å². The molecule has 2 saturated heterocycles. The minimum Gasteiger partial charge on any atom is -0.444 e. The van der Waals surface area contributed by atoms with Gasteiger partial charge in [-0.05, 0) is 13.8 Å². The summed E-state index contributed by atoms with van der Waals surface area (Å²) in [4.78, 5) is 11.4. The number of halogens is 3. The number of rotatable bonds is 2. The fourth-order valence-corrected chi connectivity index (χ4v) is 2.48. The van der Waals surface area contributed by atoms with Crippen LogP contribution < -0.4 is 0 Å². The Labute approximate surface area is 136 Å². The fourth-order valence-electron chi connectivity index (χ4n) is 2.35. The summed E-state index contributed by atoms with van der Waals surface area (Å²) in [6.45, 7) is 3.44. The molecule has 0 aromatic carbocycles. The van der Waals surface area contributed by atoms with Gasteiger partial charge in [0.25, 0.3) is 3.79 Å². The zero-order valence-corrected chi connectivity index (χ0v) is 13.7. The Morgan fingerprint density at radius 3 is 2.38 bits per heavy atom. The quantitative estimate of drug-likeness (QED) is 0.351. The third-order valence-electron chi connectivity index (χ3n) is 3.21. The van der Waals surface area contributed by atoms with Crippen molar-refractivity contribution in [3.05, 3.63) is 0 Å². The molecule has 0 radical (unpaired) electrons. The third kappa shape index (κ3) is 3.32. The Morgan fingerprint density at radius 1 is 1.29 bits per heavy atom. The van der Waals surface area contributed by atoms with Crippen LogP contribution >= 0.6 is 34.8 Å². The van der Waals surface area contributed by atoms with Gasteiger partial charge in [0, 0.05) is 7.11 Å². The van der Waals surface area contributed by atoms with Crippen molar-refractivity contribution in [3.8, 4) is 0 Å². The predicted molar refractivity (Wildman–Crippen MR) is 74.0 cm³/mol. The molecule has 2 heterocycles. The first-order chi connectivity index (χ1) is 9.56. The van der Waals surface area contributed by atoms with Gasteiger partial charge in [-0.15, -0.1) is 0 Å². The van der Waals surface area contributed by atoms with Crippen molar-refractivity contribution < 1.29 is 28.5 Å². The predicted octanol–water partition coefficient (Wildman–Crippen LogP) is 2.40. The van der Waals surface area contributed by atoms with Crippen molar-refractivity contribution in [2.75, 3.05) is 7.11 Å². The van der Waals surface area contributed by atoms with Crippen LogP contribution in [-0.4, -0.2) is 53.2 Å². The summed E-state index contributed by atoms with van der Waals surface area (Å²) in [6.07, 6.45) is -4.27. The Kier molecular flexibility index (Phi) is 4.52. The molecule has 0 saturated carbocycles. The second kappa shape index (κ2) is 5.62. The molecule has 0 bridgehead atoms. The summed E-state index contributed by atoms with van der Waals surface area (Å²) in [5, 5.41) is 7.59. The summed E-state index contributed by atoms with van der Waals surface area (Å²) < 4.78 is 24.2. The monoisotopic (exact) mass is 361 g/mol. The molecule has 0 spiro atoms. The van der Waals surface area contributed by atoms with Crippen molar-refractivity contribution >= 4 is 46.9 Å². The molecule has 2 aliphatic heterocycles. The van der Waals surface area contributed by atoms with E-state index in [-0.39, 0.29) is 0 Å². The van der Waals surface area contributed by atoms with Gasteiger partial charge in [0.1, 0.15) is 6.10 Å². The largest absolute Gasteiger partial charge is 0.509 e. The van der Waals surface area contributed by atoms with Gasteiger partial charge in [-0.1, -0.05) is 34.8 Å². The van der Waals surface area contributed by atoms with E-state index in [0.29, 0.717) is 0 Å². The number of nitrogens with one attached hydrogen (secondary N) is 1. The number of fused-ring (bicyclic) bond motifs is 1. The smallest absolute Gasteiger partial charge is 0.444 e. The van der Waals surface area contributed by atoms with Crippen LogP contribution in [0.25, 0.3) is 0 Å². The molecule has 7 nitrogen and oxygen atoms in total. The van der Waals surface area contributed by atoms with Crippen molar-refractivity contribution in [1.82, 2.24) is 0 Å². The molecule has 120 valence electrons. The van der Waals surface area contributed by atoms with Crippen molar-refractivity contribution in [1.29, 1.82) is 5.41 Å². The molecular formula is C11H14Cl3NO6. The van der Waals surface area contributed by atoms with E-state index in [4.69, 9.17) is 63.9 Å². The molecule has 0 aromatic heterocycles. The number of carbonyl (C=O) groups excluding carboxylic acids is 1. The van der Waals surface area contributed by atoms with Crippen LogP contribution in [0.1, 0.15) is 13.8 Å². The highest BCUT2D eigenvalue weighted by molar-refractivity contribution is 6.76. The normalized spacial score (nSPS) is 34.7. The molecule has 1 N–H and O–H groups in total. The standard InChI is InChI=1S/C11H14Cl3NO6/c1-10(2)6(17-3)4-5(19-9(16)18-4)7(21-10)20-8(15)11(12,13)14/h4-7,15H,1-3H3/t4?,5-,6+,7?/m0/s1. The van der Waals surface area contributed by atoms with Crippen molar-refractivity contribution in [2.24, 2.45) is 0 Å². The van der Waals surface area contributed by atoms with Gasteiger partial charge in [-0.3, -0.25) is 5.41 Å². The van der Waals surface area contributed by atoms with Gasteiger partial charge < -0.3 is 23.7 Å². The Hall–Kier alpha value is -0.470. The summed E-state index contributed by atoms with van der Waals surface area (Å²) in [6, 6.07) is 0. The molecule has 2 unspecified atom stereocenters. The molecule has 2 aliphatic rings. The van der Waals surface area contributed by atoms with Gasteiger partial charge in [-0.2, -0.15) is 0 Å². The van der Waals surface area contributed by atoms with E-state index in [0.717, 1.165) is 0 Å². The second-order valence-electron chi connectivity index (χ2n) is 5.11. The Balaban J connectivity index is 2.22. The molecule has 10 heteroatoms. The van der Waals surface area contributed by atoms with Crippen LogP contribution in [0.15, 0.2) is 0 Å². The first kappa shape index (κ1) is 16.9. The maximum atomic E-state index is 11.4. The Bertz CT molecular complexity index is 452. The van der Waals surface area contributed by atoms with E-state index in [2.05, 4.69) is 0 Å². The zero-order valence-electron chi connectivity index (χ0n) is 11.4. The average molecular weight is 363 g/mol. The topological polar surface area (TPSA) is 87.1 Å². The summed E-state index contributed by atoms with van der Waals surface area (Å²) in [5.74, 6) is -0.647. The van der Waals surface area contributed by atoms with Gasteiger partial charge in [-0.25, -0.2) is 4.79 Å². The first-order valence-electron chi connectivity index (χ1n) is 5.96. The van der Waals surface area contributed by atoms with Gasteiger partial charge in [0.15, 0.2) is 6.10 Å². The zero-order chi connectivity index (χ0) is 16.0. The number of hydrogen-bond donors (Lipinski definition) is 1. The molecular weight excluding hydrogens is 348 g/mol. The maximum Gasteiger partial charge on any atom is 0.509 e. The molecule has 0 aromatic rings. The first-order valence-corrected chi connectivity index (χ1v) is 7.10. The van der Waals surface area contributed by atoms with E-state index in [1.54, 1.807) is 13.8 Å². The van der Waals surface area contributed by atoms with Gasteiger partial charge in [0.05, 0.1) is 5.60 Å². The highest BCUT2D eigenvalue weighted by Gasteiger charge is 2.59. The molecule has 21 heavy (non-hydrogen) atoms. The molecule has 2 fully saturated rings. The molecule has 2 rings (SSSR count). The highest BCUT2D eigenvalue weighted by Crippen LogP contribution is 2.39. The summed E-state index contributed by atoms with van der Waals surface area (Å²) in [7, 11) is 1.46.